The maximum atomic E-state index is 13.4. The maximum Gasteiger partial charge on any atom is 0.123 e. The summed E-state index contributed by atoms with van der Waals surface area (Å²) in [4.78, 5) is 3.61. The highest BCUT2D eigenvalue weighted by atomic mass is 32.1. The first-order valence-electron chi connectivity index (χ1n) is 7.17. The molecule has 0 bridgehead atoms. The van der Waals surface area contributed by atoms with Gasteiger partial charge in [0.25, 0.3) is 0 Å². The lowest BCUT2D eigenvalue weighted by Crippen LogP contribution is -2.52. The van der Waals surface area contributed by atoms with Gasteiger partial charge < -0.3 is 5.73 Å². The summed E-state index contributed by atoms with van der Waals surface area (Å²) in [6, 6.07) is 11.3. The van der Waals surface area contributed by atoms with Crippen LogP contribution in [0.25, 0.3) is 0 Å². The van der Waals surface area contributed by atoms with Crippen molar-refractivity contribution in [2.24, 2.45) is 5.73 Å². The number of nitrogens with zero attached hydrogens (tertiary/aromatic N) is 1. The van der Waals surface area contributed by atoms with Gasteiger partial charge >= 0.3 is 0 Å². The molecule has 2 N–H and O–H groups in total. The van der Waals surface area contributed by atoms with Gasteiger partial charge in [0.1, 0.15) is 5.82 Å². The van der Waals surface area contributed by atoms with E-state index in [1.165, 1.54) is 10.9 Å². The van der Waals surface area contributed by atoms with E-state index in [1.807, 2.05) is 6.07 Å². The Morgan fingerprint density at radius 1 is 1.33 bits per heavy atom. The average Bonchev–Trinajstić information content (AvgIpc) is 2.99. The van der Waals surface area contributed by atoms with Gasteiger partial charge in [0.2, 0.25) is 0 Å². The third-order valence-corrected chi connectivity index (χ3v) is 5.34. The molecule has 1 aromatic carbocycles. The van der Waals surface area contributed by atoms with Crippen molar-refractivity contribution in [2.45, 2.75) is 31.8 Å². The number of thiophene rings is 1. The van der Waals surface area contributed by atoms with Gasteiger partial charge in [-0.2, -0.15) is 0 Å². The Labute approximate surface area is 130 Å². The molecule has 0 fully saturated rings. The molecule has 1 aromatic heterocycles. The van der Waals surface area contributed by atoms with Crippen LogP contribution in [0.1, 0.15) is 30.3 Å². The Morgan fingerprint density at radius 2 is 2.10 bits per heavy atom. The fourth-order valence-corrected chi connectivity index (χ4v) is 3.44. The Balaban J connectivity index is 2.19. The molecule has 2 nitrogen and oxygen atoms in total. The molecule has 1 heterocycles. The van der Waals surface area contributed by atoms with Crippen LogP contribution in [0.5, 0.6) is 0 Å². The SMILES string of the molecule is CC(c1cccs1)N(C)C(C)(CN)Cc1cccc(F)c1. The largest absolute Gasteiger partial charge is 0.329 e. The van der Waals surface area contributed by atoms with Gasteiger partial charge in [0.05, 0.1) is 0 Å². The first-order chi connectivity index (χ1) is 9.96. The molecule has 0 saturated carbocycles. The van der Waals surface area contributed by atoms with Crippen molar-refractivity contribution in [2.75, 3.05) is 13.6 Å². The fourth-order valence-electron chi connectivity index (χ4n) is 2.61. The molecule has 114 valence electrons. The van der Waals surface area contributed by atoms with Gasteiger partial charge in [-0.1, -0.05) is 18.2 Å². The molecule has 2 atom stereocenters. The predicted octanol–water partition coefficient (Wildman–Crippen LogP) is 3.84. The molecule has 0 radical (unpaired) electrons. The monoisotopic (exact) mass is 306 g/mol. The first kappa shape index (κ1) is 16.1. The molecule has 4 heteroatoms. The topological polar surface area (TPSA) is 29.3 Å². The summed E-state index contributed by atoms with van der Waals surface area (Å²) in [6.45, 7) is 4.85. The standard InChI is InChI=1S/C17H23FN2S/c1-13(16-8-5-9-21-16)20(3)17(2,12-19)11-14-6-4-7-15(18)10-14/h4-10,13H,11-12,19H2,1-3H3. The van der Waals surface area contributed by atoms with Crippen molar-refractivity contribution < 1.29 is 4.39 Å². The molecule has 2 unspecified atom stereocenters. The highest BCUT2D eigenvalue weighted by molar-refractivity contribution is 7.10. The minimum atomic E-state index is -0.211. The molecule has 0 aliphatic carbocycles. The van der Waals surface area contributed by atoms with Crippen LogP contribution in [0.2, 0.25) is 0 Å². The van der Waals surface area contributed by atoms with E-state index in [2.05, 4.69) is 43.3 Å². The number of hydrogen-bond donors (Lipinski definition) is 1. The molecule has 0 aliphatic rings. The summed E-state index contributed by atoms with van der Waals surface area (Å²) in [6.07, 6.45) is 0.730. The van der Waals surface area contributed by atoms with Crippen LogP contribution in [-0.4, -0.2) is 24.0 Å². The van der Waals surface area contributed by atoms with Gasteiger partial charge in [-0.25, -0.2) is 4.39 Å². The second-order valence-corrected chi connectivity index (χ2v) is 6.79. The van der Waals surface area contributed by atoms with Crippen molar-refractivity contribution in [1.82, 2.24) is 4.90 Å². The van der Waals surface area contributed by atoms with Crippen LogP contribution in [0.4, 0.5) is 4.39 Å². The van der Waals surface area contributed by atoms with Crippen molar-refractivity contribution in [3.05, 3.63) is 58.0 Å². The molecule has 2 rings (SSSR count). The molecular formula is C17H23FN2S. The summed E-state index contributed by atoms with van der Waals surface area (Å²) in [5.74, 6) is -0.194. The third-order valence-electron chi connectivity index (χ3n) is 4.30. The van der Waals surface area contributed by atoms with Crippen LogP contribution in [0.15, 0.2) is 41.8 Å². The molecule has 2 aromatic rings. The van der Waals surface area contributed by atoms with Gasteiger partial charge in [-0.15, -0.1) is 11.3 Å². The summed E-state index contributed by atoms with van der Waals surface area (Å²) < 4.78 is 13.4. The van der Waals surface area contributed by atoms with Gasteiger partial charge in [0, 0.05) is 23.0 Å². The summed E-state index contributed by atoms with van der Waals surface area (Å²) in [5, 5.41) is 2.09. The second-order valence-electron chi connectivity index (χ2n) is 5.81. The summed E-state index contributed by atoms with van der Waals surface area (Å²) in [5.41, 5.74) is 6.82. The molecule has 0 spiro atoms. The van der Waals surface area contributed by atoms with Crippen LogP contribution in [0.3, 0.4) is 0 Å². The minimum absolute atomic E-state index is 0.194. The zero-order valence-corrected chi connectivity index (χ0v) is 13.7. The van der Waals surface area contributed by atoms with E-state index in [4.69, 9.17) is 5.73 Å². The van der Waals surface area contributed by atoms with Crippen molar-refractivity contribution in [3.8, 4) is 0 Å². The Kier molecular flexibility index (Phi) is 5.14. The first-order valence-corrected chi connectivity index (χ1v) is 8.05. The van der Waals surface area contributed by atoms with E-state index in [0.29, 0.717) is 6.54 Å². The van der Waals surface area contributed by atoms with E-state index >= 15 is 0 Å². The molecule has 0 aliphatic heterocycles. The zero-order valence-electron chi connectivity index (χ0n) is 12.8. The number of halogens is 1. The van der Waals surface area contributed by atoms with E-state index in [9.17, 15) is 4.39 Å². The highest BCUT2D eigenvalue weighted by Gasteiger charge is 2.32. The average molecular weight is 306 g/mol. The van der Waals surface area contributed by atoms with Gasteiger partial charge in [-0.3, -0.25) is 4.90 Å². The lowest BCUT2D eigenvalue weighted by Gasteiger charge is -2.42. The van der Waals surface area contributed by atoms with E-state index in [-0.39, 0.29) is 17.4 Å². The Hall–Kier alpha value is -1.23. The quantitative estimate of drug-likeness (QED) is 0.878. The zero-order chi connectivity index (χ0) is 15.5. The normalized spacial score (nSPS) is 15.9. The number of likely N-dealkylation sites (N-methyl/N-ethyl adjacent to an activating group) is 1. The highest BCUT2D eigenvalue weighted by Crippen LogP contribution is 2.31. The van der Waals surface area contributed by atoms with Crippen molar-refractivity contribution in [3.63, 3.8) is 0 Å². The van der Waals surface area contributed by atoms with Crippen LogP contribution in [0, 0.1) is 5.82 Å². The lowest BCUT2D eigenvalue weighted by atomic mass is 9.90. The van der Waals surface area contributed by atoms with Crippen molar-refractivity contribution >= 4 is 11.3 Å². The Morgan fingerprint density at radius 3 is 2.67 bits per heavy atom. The van der Waals surface area contributed by atoms with Crippen LogP contribution >= 0.6 is 11.3 Å². The number of nitrogens with two attached hydrogens (primary N) is 1. The molecule has 0 saturated heterocycles. The number of benzene rings is 1. The smallest absolute Gasteiger partial charge is 0.123 e. The van der Waals surface area contributed by atoms with Gasteiger partial charge in [-0.05, 0) is 56.5 Å². The predicted molar refractivity (Wildman–Crippen MR) is 88.1 cm³/mol. The van der Waals surface area contributed by atoms with Crippen LogP contribution in [-0.2, 0) is 6.42 Å². The molecule has 21 heavy (non-hydrogen) atoms. The van der Waals surface area contributed by atoms with E-state index < -0.39 is 0 Å². The third kappa shape index (κ3) is 3.70. The molecule has 0 amide bonds. The number of hydrogen-bond acceptors (Lipinski definition) is 3. The van der Waals surface area contributed by atoms with Crippen LogP contribution < -0.4 is 5.73 Å². The molecular weight excluding hydrogens is 283 g/mol. The fraction of sp³-hybridized carbons (Fsp3) is 0.412. The van der Waals surface area contributed by atoms with Gasteiger partial charge in [0.15, 0.2) is 0 Å². The Bertz CT molecular complexity index is 570. The maximum absolute atomic E-state index is 13.4. The lowest BCUT2D eigenvalue weighted by molar-refractivity contribution is 0.102. The summed E-state index contributed by atoms with van der Waals surface area (Å²) >= 11 is 1.75. The summed E-state index contributed by atoms with van der Waals surface area (Å²) in [7, 11) is 2.09. The second kappa shape index (κ2) is 6.69. The van der Waals surface area contributed by atoms with E-state index in [1.54, 1.807) is 23.5 Å². The van der Waals surface area contributed by atoms with Crippen molar-refractivity contribution in [1.29, 1.82) is 0 Å². The minimum Gasteiger partial charge on any atom is -0.329 e. The van der Waals surface area contributed by atoms with E-state index in [0.717, 1.165) is 12.0 Å². The number of rotatable bonds is 6.